The van der Waals surface area contributed by atoms with E-state index in [4.69, 9.17) is 9.72 Å². The maximum absolute atomic E-state index is 12.0. The van der Waals surface area contributed by atoms with Crippen LogP contribution in [0.15, 0.2) is 30.5 Å². The summed E-state index contributed by atoms with van der Waals surface area (Å²) in [6.45, 7) is 2.45. The minimum atomic E-state index is -4.68. The van der Waals surface area contributed by atoms with Gasteiger partial charge >= 0.3 is 12.3 Å². The summed E-state index contributed by atoms with van der Waals surface area (Å²) >= 11 is 0. The van der Waals surface area contributed by atoms with Gasteiger partial charge in [0.15, 0.2) is 5.82 Å². The number of nitrogens with zero attached hydrogens (tertiary/aromatic N) is 3. The van der Waals surface area contributed by atoms with E-state index >= 15 is 0 Å². The van der Waals surface area contributed by atoms with Gasteiger partial charge in [-0.1, -0.05) is 13.3 Å². The Labute approximate surface area is 190 Å². The summed E-state index contributed by atoms with van der Waals surface area (Å²) in [5.41, 5.74) is 2.36. The van der Waals surface area contributed by atoms with Crippen molar-refractivity contribution >= 4 is 11.8 Å². The molecule has 0 saturated carbocycles. The Hall–Kier alpha value is -2.88. The summed E-state index contributed by atoms with van der Waals surface area (Å²) in [6, 6.07) is 6.89. The summed E-state index contributed by atoms with van der Waals surface area (Å²) in [7, 11) is 0. The molecule has 1 N–H and O–H groups in total. The molecule has 0 amide bonds. The van der Waals surface area contributed by atoms with E-state index in [9.17, 15) is 23.1 Å². The average molecular weight is 467 g/mol. The van der Waals surface area contributed by atoms with Crippen LogP contribution >= 0.6 is 0 Å². The molecule has 10 heteroatoms. The molecule has 1 aromatic carbocycles. The number of carbonyl (C=O) groups is 1. The van der Waals surface area contributed by atoms with Crippen LogP contribution in [-0.2, 0) is 16.0 Å². The second-order valence-corrected chi connectivity index (χ2v) is 7.90. The first kappa shape index (κ1) is 24.8. The highest BCUT2D eigenvalue weighted by Gasteiger charge is 2.29. The van der Waals surface area contributed by atoms with Crippen molar-refractivity contribution in [2.24, 2.45) is 5.92 Å². The minimum absolute atomic E-state index is 0.228. The molecule has 1 saturated heterocycles. The lowest BCUT2D eigenvalue weighted by atomic mass is 9.97. The summed E-state index contributed by atoms with van der Waals surface area (Å²) in [6.07, 6.45) is 1.03. The van der Waals surface area contributed by atoms with Gasteiger partial charge < -0.3 is 14.7 Å². The first-order chi connectivity index (χ1) is 15.8. The second kappa shape index (κ2) is 11.3. The number of anilines is 1. The van der Waals surface area contributed by atoms with Crippen LogP contribution in [0.1, 0.15) is 38.3 Å². The second-order valence-electron chi connectivity index (χ2n) is 7.90. The quantitative estimate of drug-likeness (QED) is 0.507. The summed E-state index contributed by atoms with van der Waals surface area (Å²) in [4.78, 5) is 22.9. The van der Waals surface area contributed by atoms with E-state index in [1.54, 1.807) is 30.5 Å². The van der Waals surface area contributed by atoms with Crippen LogP contribution < -0.4 is 9.64 Å². The number of rotatable bonds is 10. The van der Waals surface area contributed by atoms with Crippen molar-refractivity contribution in [1.29, 1.82) is 0 Å². The number of piperidine rings is 1. The highest BCUT2D eigenvalue weighted by Crippen LogP contribution is 2.32. The molecule has 1 aromatic heterocycles. The number of aromatic nitrogens is 2. The van der Waals surface area contributed by atoms with Crippen molar-refractivity contribution in [3.8, 4) is 17.0 Å². The number of benzene rings is 1. The highest BCUT2D eigenvalue weighted by atomic mass is 19.4. The smallest absolute Gasteiger partial charge is 0.491 e. The van der Waals surface area contributed by atoms with Crippen molar-refractivity contribution in [3.63, 3.8) is 0 Å². The van der Waals surface area contributed by atoms with Crippen molar-refractivity contribution in [1.82, 2.24) is 9.97 Å². The van der Waals surface area contributed by atoms with Crippen LogP contribution in [0.4, 0.5) is 19.0 Å². The predicted octanol–water partition coefficient (Wildman–Crippen LogP) is 4.70. The maximum atomic E-state index is 12.0. The van der Waals surface area contributed by atoms with Gasteiger partial charge in [-0.2, -0.15) is 0 Å². The first-order valence-electron chi connectivity index (χ1n) is 11.0. The fourth-order valence-corrected chi connectivity index (χ4v) is 3.68. The molecule has 2 heterocycles. The molecular formula is C23H28F3N3O4. The number of hydrogen-bond donors (Lipinski definition) is 1. The maximum Gasteiger partial charge on any atom is 0.522 e. The van der Waals surface area contributed by atoms with Gasteiger partial charge in [0.2, 0.25) is 0 Å². The molecule has 0 bridgehead atoms. The third-order valence-electron chi connectivity index (χ3n) is 5.48. The molecule has 33 heavy (non-hydrogen) atoms. The third kappa shape index (κ3) is 7.31. The summed E-state index contributed by atoms with van der Waals surface area (Å²) < 4.78 is 45.2. The predicted molar refractivity (Wildman–Crippen MR) is 116 cm³/mol. The molecule has 0 radical (unpaired) electrons. The van der Waals surface area contributed by atoms with Gasteiger partial charge in [0, 0.05) is 24.8 Å². The molecule has 180 valence electrons. The Kier molecular flexibility index (Phi) is 8.49. The fraction of sp³-hybridized carbons (Fsp3) is 0.522. The summed E-state index contributed by atoms with van der Waals surface area (Å²) in [5, 5.41) is 9.29. The van der Waals surface area contributed by atoms with Crippen molar-refractivity contribution in [3.05, 3.63) is 36.2 Å². The number of hydrogen-bond acceptors (Lipinski definition) is 6. The minimum Gasteiger partial charge on any atom is -0.491 e. The zero-order chi connectivity index (χ0) is 23.8. The van der Waals surface area contributed by atoms with E-state index in [-0.39, 0.29) is 12.5 Å². The zero-order valence-electron chi connectivity index (χ0n) is 18.5. The van der Waals surface area contributed by atoms with Crippen molar-refractivity contribution < 1.29 is 32.5 Å². The average Bonchev–Trinajstić information content (AvgIpc) is 2.80. The Balaban J connectivity index is 1.75. The molecule has 7 nitrogen and oxygen atoms in total. The molecule has 1 fully saturated rings. The van der Waals surface area contributed by atoms with Crippen LogP contribution in [-0.4, -0.2) is 53.7 Å². The van der Waals surface area contributed by atoms with Crippen LogP contribution in [0.2, 0.25) is 0 Å². The molecule has 0 unspecified atom stereocenters. The van der Waals surface area contributed by atoms with Gasteiger partial charge in [0.25, 0.3) is 0 Å². The van der Waals surface area contributed by atoms with E-state index in [2.05, 4.69) is 21.5 Å². The Morgan fingerprint density at radius 2 is 1.88 bits per heavy atom. The Morgan fingerprint density at radius 3 is 2.48 bits per heavy atom. The van der Waals surface area contributed by atoms with Crippen LogP contribution in [0.3, 0.4) is 0 Å². The lowest BCUT2D eigenvalue weighted by molar-refractivity contribution is -0.325. The number of carboxylic acids is 1. The number of unbranched alkanes of at least 4 members (excludes halogenated alkanes) is 1. The molecule has 0 spiro atoms. The van der Waals surface area contributed by atoms with Gasteiger partial charge in [-0.15, -0.1) is 13.2 Å². The van der Waals surface area contributed by atoms with Gasteiger partial charge in [0.05, 0.1) is 18.2 Å². The largest absolute Gasteiger partial charge is 0.522 e. The first-order valence-corrected chi connectivity index (χ1v) is 11.0. The number of ether oxygens (including phenoxy) is 2. The number of carboxylic acid groups (broad SMARTS) is 1. The lowest BCUT2D eigenvalue weighted by Crippen LogP contribution is -2.37. The van der Waals surface area contributed by atoms with Crippen LogP contribution in [0.25, 0.3) is 11.3 Å². The van der Waals surface area contributed by atoms with Crippen molar-refractivity contribution in [2.75, 3.05) is 31.2 Å². The normalized spacial score (nSPS) is 15.0. The van der Waals surface area contributed by atoms with E-state index in [0.717, 1.165) is 36.3 Å². The standard InChI is InChI=1S/C23H28F3N3O4/c1-2-3-4-18-15-27-20(21(28-18)29-11-9-17(10-12-29)22(30)31)16-5-7-19(8-6-16)32-13-14-33-23(24,25)26/h5-8,15,17H,2-4,9-14H2,1H3,(H,30,31). The molecule has 0 atom stereocenters. The number of aliphatic carboxylic acids is 1. The third-order valence-corrected chi connectivity index (χ3v) is 5.48. The molecular weight excluding hydrogens is 439 g/mol. The SMILES string of the molecule is CCCCc1cnc(-c2ccc(OCCOC(F)(F)F)cc2)c(N2CCC(C(=O)O)CC2)n1. The summed E-state index contributed by atoms with van der Waals surface area (Å²) in [5.74, 6) is 0.0214. The number of aryl methyl sites for hydroxylation is 1. The number of halogens is 3. The van der Waals surface area contributed by atoms with Crippen molar-refractivity contribution in [2.45, 2.75) is 45.4 Å². The Morgan fingerprint density at radius 1 is 1.18 bits per heavy atom. The van der Waals surface area contributed by atoms with E-state index in [1.807, 2.05) is 0 Å². The Bertz CT molecular complexity index is 914. The van der Waals surface area contributed by atoms with E-state index < -0.39 is 18.9 Å². The fourth-order valence-electron chi connectivity index (χ4n) is 3.68. The monoisotopic (exact) mass is 467 g/mol. The number of alkyl halides is 3. The molecule has 3 rings (SSSR count). The molecule has 0 aliphatic carbocycles. The van der Waals surface area contributed by atoms with E-state index in [0.29, 0.717) is 37.4 Å². The highest BCUT2D eigenvalue weighted by molar-refractivity contribution is 5.74. The molecule has 1 aliphatic heterocycles. The van der Waals surface area contributed by atoms with Crippen LogP contribution in [0.5, 0.6) is 5.75 Å². The van der Waals surface area contributed by atoms with E-state index in [1.165, 1.54) is 0 Å². The lowest BCUT2D eigenvalue weighted by Gasteiger charge is -2.32. The van der Waals surface area contributed by atoms with Crippen LogP contribution in [0, 0.1) is 5.92 Å². The topological polar surface area (TPSA) is 84.8 Å². The molecule has 1 aliphatic rings. The van der Waals surface area contributed by atoms with Gasteiger partial charge in [-0.05, 0) is 49.9 Å². The van der Waals surface area contributed by atoms with Gasteiger partial charge in [-0.25, -0.2) is 4.98 Å². The van der Waals surface area contributed by atoms with Gasteiger partial charge in [-0.3, -0.25) is 14.5 Å². The molecule has 2 aromatic rings. The zero-order valence-corrected chi connectivity index (χ0v) is 18.5. The van der Waals surface area contributed by atoms with Gasteiger partial charge in [0.1, 0.15) is 18.1 Å².